The molecule has 0 spiro atoms. The van der Waals surface area contributed by atoms with E-state index in [4.69, 9.17) is 6.85 Å². The summed E-state index contributed by atoms with van der Waals surface area (Å²) in [5, 5.41) is 0. The van der Waals surface area contributed by atoms with Crippen molar-refractivity contribution in [3.8, 4) is 11.3 Å². The van der Waals surface area contributed by atoms with Gasteiger partial charge in [0.1, 0.15) is 7.05 Å². The molecule has 0 saturated carbocycles. The molecule has 1 aliphatic rings. The van der Waals surface area contributed by atoms with Crippen molar-refractivity contribution in [1.29, 1.82) is 0 Å². The molecule has 3 rings (SSSR count). The zero-order chi connectivity index (χ0) is 17.7. The lowest BCUT2D eigenvalue weighted by Gasteiger charge is -2.15. The molecule has 1 aliphatic carbocycles. The molecule has 1 heteroatoms. The third-order valence-electron chi connectivity index (χ3n) is 3.80. The molecule has 98 valence electrons. The lowest BCUT2D eigenvalue weighted by Crippen LogP contribution is -2.32. The molecular formula is C18H22N+. The van der Waals surface area contributed by atoms with Crippen LogP contribution in [0.3, 0.4) is 0 Å². The first-order valence-corrected chi connectivity index (χ1v) is 6.74. The second-order valence-electron chi connectivity index (χ2n) is 5.27. The SMILES string of the molecule is [2H]C([2H])([2H])c1ccc(-c2cc3c(c[n+]2C)C([2H])([2H])CCC3)c(C)c1. The van der Waals surface area contributed by atoms with Crippen molar-refractivity contribution in [3.05, 3.63) is 52.7 Å². The molecule has 0 aliphatic heterocycles. The topological polar surface area (TPSA) is 3.88 Å². The van der Waals surface area contributed by atoms with Crippen LogP contribution in [-0.2, 0) is 19.8 Å². The lowest BCUT2D eigenvalue weighted by atomic mass is 9.91. The number of hydrogen-bond donors (Lipinski definition) is 0. The molecule has 1 heterocycles. The minimum atomic E-state index is -2.10. The van der Waals surface area contributed by atoms with E-state index >= 15 is 0 Å². The summed E-state index contributed by atoms with van der Waals surface area (Å²) in [6.07, 6.45) is 2.91. The van der Waals surface area contributed by atoms with Gasteiger partial charge in [-0.15, -0.1) is 0 Å². The van der Waals surface area contributed by atoms with Crippen LogP contribution in [-0.4, -0.2) is 0 Å². The van der Waals surface area contributed by atoms with E-state index in [-0.39, 0.29) is 0 Å². The minimum Gasteiger partial charge on any atom is -0.201 e. The summed E-state index contributed by atoms with van der Waals surface area (Å²) in [6.45, 7) is -0.180. The zero-order valence-corrected chi connectivity index (χ0v) is 11.5. The highest BCUT2D eigenvalue weighted by atomic mass is 14.9. The van der Waals surface area contributed by atoms with E-state index in [1.165, 1.54) is 0 Å². The Bertz CT molecular complexity index is 793. The Morgan fingerprint density at radius 3 is 2.89 bits per heavy atom. The predicted molar refractivity (Wildman–Crippen MR) is 79.2 cm³/mol. The number of pyridine rings is 1. The molecule has 0 unspecified atom stereocenters. The van der Waals surface area contributed by atoms with Crippen molar-refractivity contribution < 1.29 is 11.4 Å². The van der Waals surface area contributed by atoms with Gasteiger partial charge in [0.2, 0.25) is 5.69 Å². The second kappa shape index (κ2) is 4.80. The van der Waals surface area contributed by atoms with Gasteiger partial charge < -0.3 is 0 Å². The van der Waals surface area contributed by atoms with E-state index in [2.05, 4.69) is 6.07 Å². The number of aromatic nitrogens is 1. The summed E-state index contributed by atoms with van der Waals surface area (Å²) in [5.41, 5.74) is 5.06. The van der Waals surface area contributed by atoms with Crippen molar-refractivity contribution in [1.82, 2.24) is 0 Å². The summed E-state index contributed by atoms with van der Waals surface area (Å²) in [6, 6.07) is 7.30. The summed E-state index contributed by atoms with van der Waals surface area (Å²) in [4.78, 5) is 0. The summed E-state index contributed by atoms with van der Waals surface area (Å²) >= 11 is 0. The Morgan fingerprint density at radius 1 is 1.21 bits per heavy atom. The third kappa shape index (κ3) is 2.30. The fraction of sp³-hybridized carbons (Fsp3) is 0.389. The van der Waals surface area contributed by atoms with Gasteiger partial charge in [-0.2, -0.15) is 0 Å². The standard InChI is InChI=1S/C18H22N/c1-13-8-9-17(14(2)10-13)18-11-15-6-4-5-7-16(15)12-19(18)3/h8-12H,4-7H2,1-3H3/q+1/i1D3,7D2. The van der Waals surface area contributed by atoms with Gasteiger partial charge in [-0.3, -0.25) is 0 Å². The fourth-order valence-corrected chi connectivity index (χ4v) is 2.78. The molecule has 0 amide bonds. The van der Waals surface area contributed by atoms with E-state index in [1.54, 1.807) is 12.1 Å². The Morgan fingerprint density at radius 2 is 2.11 bits per heavy atom. The third-order valence-corrected chi connectivity index (χ3v) is 3.80. The molecule has 0 N–H and O–H groups in total. The number of benzene rings is 1. The highest BCUT2D eigenvalue weighted by Crippen LogP contribution is 2.26. The van der Waals surface area contributed by atoms with Gasteiger partial charge in [0.25, 0.3) is 0 Å². The van der Waals surface area contributed by atoms with E-state index in [0.717, 1.165) is 40.8 Å². The Balaban J connectivity index is 2.11. The smallest absolute Gasteiger partial charge is 0.201 e. The average Bonchev–Trinajstić information content (AvgIpc) is 2.46. The van der Waals surface area contributed by atoms with E-state index in [1.807, 2.05) is 30.8 Å². The average molecular weight is 257 g/mol. The van der Waals surface area contributed by atoms with Crippen molar-refractivity contribution in [2.24, 2.45) is 7.05 Å². The molecule has 1 aromatic heterocycles. The number of fused-ring (bicyclic) bond motifs is 1. The van der Waals surface area contributed by atoms with Crippen LogP contribution in [0.1, 0.15) is 41.9 Å². The highest BCUT2D eigenvalue weighted by molar-refractivity contribution is 5.62. The molecule has 1 aromatic carbocycles. The van der Waals surface area contributed by atoms with Crippen LogP contribution in [0.25, 0.3) is 11.3 Å². The molecule has 2 aromatic rings. The van der Waals surface area contributed by atoms with Crippen molar-refractivity contribution in [2.75, 3.05) is 0 Å². The molecule has 0 atom stereocenters. The van der Waals surface area contributed by atoms with Crippen molar-refractivity contribution in [3.63, 3.8) is 0 Å². The van der Waals surface area contributed by atoms with Crippen LogP contribution in [0.15, 0.2) is 30.5 Å². The molecule has 0 radical (unpaired) electrons. The van der Waals surface area contributed by atoms with Crippen LogP contribution in [0.4, 0.5) is 0 Å². The molecule has 0 bridgehead atoms. The quantitative estimate of drug-likeness (QED) is 0.686. The maximum Gasteiger partial charge on any atom is 0.212 e. The van der Waals surface area contributed by atoms with E-state index < -0.39 is 13.2 Å². The number of aryl methyl sites for hydroxylation is 5. The zero-order valence-electron chi connectivity index (χ0n) is 16.5. The normalized spacial score (nSPS) is 21.5. The molecule has 19 heavy (non-hydrogen) atoms. The molecular weight excluding hydrogens is 230 g/mol. The lowest BCUT2D eigenvalue weighted by molar-refractivity contribution is -0.660. The number of hydrogen-bond acceptors (Lipinski definition) is 0. The largest absolute Gasteiger partial charge is 0.212 e. The number of rotatable bonds is 1. The summed E-state index contributed by atoms with van der Waals surface area (Å²) in [7, 11) is 1.91. The van der Waals surface area contributed by atoms with Crippen LogP contribution >= 0.6 is 0 Å². The summed E-state index contributed by atoms with van der Waals surface area (Å²) in [5.74, 6) is 0. The van der Waals surface area contributed by atoms with Gasteiger partial charge in [0.05, 0.1) is 0 Å². The minimum absolute atomic E-state index is 0.348. The molecule has 0 saturated heterocycles. The van der Waals surface area contributed by atoms with Crippen LogP contribution in [0.5, 0.6) is 0 Å². The van der Waals surface area contributed by atoms with Crippen LogP contribution < -0.4 is 4.57 Å². The maximum atomic E-state index is 8.21. The first-order valence-electron chi connectivity index (χ1n) is 9.24. The first-order chi connectivity index (χ1) is 11.1. The Labute approximate surface area is 122 Å². The van der Waals surface area contributed by atoms with E-state index in [9.17, 15) is 0 Å². The van der Waals surface area contributed by atoms with Crippen LogP contribution in [0.2, 0.25) is 0 Å². The van der Waals surface area contributed by atoms with Crippen LogP contribution in [0, 0.1) is 13.8 Å². The molecule has 1 nitrogen and oxygen atoms in total. The monoisotopic (exact) mass is 257 g/mol. The van der Waals surface area contributed by atoms with Gasteiger partial charge in [-0.25, -0.2) is 4.57 Å². The van der Waals surface area contributed by atoms with Crippen molar-refractivity contribution in [2.45, 2.75) is 39.4 Å². The van der Waals surface area contributed by atoms with Crippen molar-refractivity contribution >= 4 is 0 Å². The fourth-order valence-electron chi connectivity index (χ4n) is 2.78. The Hall–Kier alpha value is -1.63. The van der Waals surface area contributed by atoms with Gasteiger partial charge in [0.15, 0.2) is 6.20 Å². The van der Waals surface area contributed by atoms with Gasteiger partial charge >= 0.3 is 0 Å². The van der Waals surface area contributed by atoms with Gasteiger partial charge in [0, 0.05) is 24.0 Å². The highest BCUT2D eigenvalue weighted by Gasteiger charge is 2.19. The maximum absolute atomic E-state index is 8.21. The predicted octanol–water partition coefficient (Wildman–Crippen LogP) is 3.67. The number of nitrogens with zero attached hydrogens (tertiary/aromatic N) is 1. The van der Waals surface area contributed by atoms with Gasteiger partial charge in [-0.1, -0.05) is 17.7 Å². The van der Waals surface area contributed by atoms with Gasteiger partial charge in [-0.05, 0) is 56.6 Å². The second-order valence-corrected chi connectivity index (χ2v) is 5.27. The Kier molecular flexibility index (Phi) is 1.98. The molecule has 0 fully saturated rings. The first kappa shape index (κ1) is 7.84. The van der Waals surface area contributed by atoms with E-state index in [0.29, 0.717) is 12.0 Å². The summed E-state index contributed by atoms with van der Waals surface area (Å²) < 4.78 is 41.0.